The fraction of sp³-hybridized carbons (Fsp3) is 0.250. The third-order valence-corrected chi connectivity index (χ3v) is 5.42. The van der Waals surface area contributed by atoms with Crippen LogP contribution >= 0.6 is 0 Å². The first-order valence-corrected chi connectivity index (χ1v) is 10.4. The van der Waals surface area contributed by atoms with E-state index in [-0.39, 0.29) is 5.69 Å². The van der Waals surface area contributed by atoms with Gasteiger partial charge in [-0.25, -0.2) is 4.52 Å². The second kappa shape index (κ2) is 9.15. The number of hydrogen-bond donors (Lipinski definition) is 1. The van der Waals surface area contributed by atoms with E-state index in [4.69, 9.17) is 19.3 Å². The molecule has 0 saturated carbocycles. The summed E-state index contributed by atoms with van der Waals surface area (Å²) in [5.74, 6) is 1.44. The van der Waals surface area contributed by atoms with Crippen LogP contribution in [-0.2, 0) is 6.42 Å². The first-order chi connectivity index (χ1) is 16.0. The first-order valence-electron chi connectivity index (χ1n) is 10.4. The molecule has 0 fully saturated rings. The van der Waals surface area contributed by atoms with Crippen LogP contribution in [0.2, 0.25) is 0 Å². The highest BCUT2D eigenvalue weighted by atomic mass is 16.5. The fourth-order valence-electron chi connectivity index (χ4n) is 3.65. The summed E-state index contributed by atoms with van der Waals surface area (Å²) in [6.07, 6.45) is 0.701. The van der Waals surface area contributed by atoms with Gasteiger partial charge in [-0.2, -0.15) is 5.10 Å². The molecule has 0 unspecified atom stereocenters. The molecule has 9 heteroatoms. The van der Waals surface area contributed by atoms with Crippen molar-refractivity contribution in [2.75, 3.05) is 26.6 Å². The van der Waals surface area contributed by atoms with Crippen molar-refractivity contribution < 1.29 is 19.0 Å². The minimum Gasteiger partial charge on any atom is -0.497 e. The lowest BCUT2D eigenvalue weighted by Crippen LogP contribution is -2.19. The number of carbonyl (C=O) groups is 1. The standard InChI is InChI=1S/C24H25N5O4/c1-6-18-21(15-7-9-16(31-3)10-8-15)23-27-26-22(14(2)29(23)28-18)24(30)25-19-13-17(32-4)11-12-20(19)33-5/h7-13H,6H2,1-5H3,(H,25,30). The summed E-state index contributed by atoms with van der Waals surface area (Å²) in [5.41, 5.74) is 4.51. The lowest BCUT2D eigenvalue weighted by molar-refractivity contribution is 0.101. The van der Waals surface area contributed by atoms with Gasteiger partial charge in [-0.05, 0) is 43.2 Å². The Morgan fingerprint density at radius 3 is 2.30 bits per heavy atom. The number of rotatable bonds is 7. The molecule has 0 radical (unpaired) electrons. The molecule has 0 aliphatic heterocycles. The average Bonchev–Trinajstić information content (AvgIpc) is 3.23. The van der Waals surface area contributed by atoms with Crippen molar-refractivity contribution in [1.29, 1.82) is 0 Å². The second-order valence-electron chi connectivity index (χ2n) is 7.29. The maximum Gasteiger partial charge on any atom is 0.278 e. The molecule has 0 atom stereocenters. The molecule has 4 rings (SSSR count). The van der Waals surface area contributed by atoms with Gasteiger partial charge in [0.25, 0.3) is 5.91 Å². The summed E-state index contributed by atoms with van der Waals surface area (Å²) in [7, 11) is 4.72. The normalized spacial score (nSPS) is 10.8. The zero-order chi connectivity index (χ0) is 23.5. The Kier molecular flexibility index (Phi) is 6.12. The number of benzene rings is 2. The van der Waals surface area contributed by atoms with E-state index in [0.29, 0.717) is 34.9 Å². The first kappa shape index (κ1) is 22.1. The van der Waals surface area contributed by atoms with Crippen LogP contribution in [0.3, 0.4) is 0 Å². The Hall–Kier alpha value is -4.14. The van der Waals surface area contributed by atoms with Gasteiger partial charge in [0.15, 0.2) is 11.3 Å². The number of nitrogens with one attached hydrogen (secondary N) is 1. The molecule has 170 valence electrons. The monoisotopic (exact) mass is 447 g/mol. The average molecular weight is 447 g/mol. The maximum atomic E-state index is 13.1. The number of amides is 1. The fourth-order valence-corrected chi connectivity index (χ4v) is 3.65. The summed E-state index contributed by atoms with van der Waals surface area (Å²) in [5, 5.41) is 16.2. The van der Waals surface area contributed by atoms with E-state index in [1.54, 1.807) is 43.9 Å². The molecule has 0 aliphatic carbocycles. The van der Waals surface area contributed by atoms with Gasteiger partial charge >= 0.3 is 0 Å². The molecule has 0 saturated heterocycles. The lowest BCUT2D eigenvalue weighted by Gasteiger charge is -2.12. The number of carbonyl (C=O) groups excluding carboxylic acids is 1. The van der Waals surface area contributed by atoms with Gasteiger partial charge in [0.05, 0.1) is 44.0 Å². The number of nitrogens with zero attached hydrogens (tertiary/aromatic N) is 4. The molecule has 33 heavy (non-hydrogen) atoms. The summed E-state index contributed by atoms with van der Waals surface area (Å²) in [6.45, 7) is 3.82. The largest absolute Gasteiger partial charge is 0.497 e. The third kappa shape index (κ3) is 4.05. The van der Waals surface area contributed by atoms with Gasteiger partial charge in [0.1, 0.15) is 17.2 Å². The smallest absolute Gasteiger partial charge is 0.278 e. The Balaban J connectivity index is 1.75. The van der Waals surface area contributed by atoms with Gasteiger partial charge < -0.3 is 19.5 Å². The van der Waals surface area contributed by atoms with Gasteiger partial charge in [-0.3, -0.25) is 4.79 Å². The Morgan fingerprint density at radius 1 is 0.970 bits per heavy atom. The summed E-state index contributed by atoms with van der Waals surface area (Å²) >= 11 is 0. The number of fused-ring (bicyclic) bond motifs is 1. The van der Waals surface area contributed by atoms with Gasteiger partial charge in [0, 0.05) is 6.07 Å². The highest BCUT2D eigenvalue weighted by Crippen LogP contribution is 2.31. The zero-order valence-corrected chi connectivity index (χ0v) is 19.2. The number of ether oxygens (including phenoxy) is 3. The topological polar surface area (TPSA) is 99.9 Å². The van der Waals surface area contributed by atoms with Crippen molar-refractivity contribution in [2.24, 2.45) is 0 Å². The van der Waals surface area contributed by atoms with Crippen LogP contribution in [0.25, 0.3) is 16.8 Å². The van der Waals surface area contributed by atoms with Gasteiger partial charge in [0.2, 0.25) is 0 Å². The predicted molar refractivity (Wildman–Crippen MR) is 124 cm³/mol. The number of aryl methyl sites for hydroxylation is 2. The van der Waals surface area contributed by atoms with Crippen molar-refractivity contribution >= 4 is 17.2 Å². The predicted octanol–water partition coefficient (Wildman–Crippen LogP) is 3.94. The SMILES string of the molecule is CCc1nn2c(C)c(C(=O)Nc3cc(OC)ccc3OC)nnc2c1-c1ccc(OC)cc1. The van der Waals surface area contributed by atoms with E-state index in [0.717, 1.165) is 22.6 Å². The van der Waals surface area contributed by atoms with Crippen molar-refractivity contribution in [2.45, 2.75) is 20.3 Å². The quantitative estimate of drug-likeness (QED) is 0.458. The molecular formula is C24H25N5O4. The van der Waals surface area contributed by atoms with Crippen molar-refractivity contribution in [3.8, 4) is 28.4 Å². The molecule has 1 N–H and O–H groups in total. The number of hydrogen-bond acceptors (Lipinski definition) is 7. The number of anilines is 1. The van der Waals surface area contributed by atoms with Crippen molar-refractivity contribution in [3.63, 3.8) is 0 Å². The molecule has 0 aliphatic rings. The molecular weight excluding hydrogens is 422 g/mol. The van der Waals surface area contributed by atoms with Gasteiger partial charge in [-0.15, -0.1) is 10.2 Å². The molecule has 0 bridgehead atoms. The van der Waals surface area contributed by atoms with E-state index in [9.17, 15) is 4.79 Å². The molecule has 9 nitrogen and oxygen atoms in total. The number of methoxy groups -OCH3 is 3. The van der Waals surface area contributed by atoms with Crippen LogP contribution in [0.4, 0.5) is 5.69 Å². The highest BCUT2D eigenvalue weighted by Gasteiger charge is 2.22. The zero-order valence-electron chi connectivity index (χ0n) is 19.2. The molecule has 2 heterocycles. The van der Waals surface area contributed by atoms with E-state index in [1.807, 2.05) is 31.2 Å². The summed E-state index contributed by atoms with van der Waals surface area (Å²) in [4.78, 5) is 13.1. The molecule has 2 aromatic heterocycles. The van der Waals surface area contributed by atoms with Crippen LogP contribution in [-0.4, -0.2) is 47.0 Å². The van der Waals surface area contributed by atoms with Crippen LogP contribution in [0.15, 0.2) is 42.5 Å². The van der Waals surface area contributed by atoms with E-state index in [1.165, 1.54) is 7.11 Å². The van der Waals surface area contributed by atoms with Crippen LogP contribution in [0.5, 0.6) is 17.2 Å². The second-order valence-corrected chi connectivity index (χ2v) is 7.29. The van der Waals surface area contributed by atoms with Crippen LogP contribution in [0, 0.1) is 6.92 Å². The van der Waals surface area contributed by atoms with Crippen molar-refractivity contribution in [1.82, 2.24) is 19.8 Å². The van der Waals surface area contributed by atoms with E-state index >= 15 is 0 Å². The Bertz CT molecular complexity index is 1310. The molecule has 1 amide bonds. The van der Waals surface area contributed by atoms with Crippen LogP contribution < -0.4 is 19.5 Å². The summed E-state index contributed by atoms with van der Waals surface area (Å²) < 4.78 is 17.5. The Morgan fingerprint density at radius 2 is 1.67 bits per heavy atom. The number of aromatic nitrogens is 4. The molecule has 0 spiro atoms. The van der Waals surface area contributed by atoms with Crippen LogP contribution in [0.1, 0.15) is 28.8 Å². The molecule has 4 aromatic rings. The van der Waals surface area contributed by atoms with Gasteiger partial charge in [-0.1, -0.05) is 19.1 Å². The van der Waals surface area contributed by atoms with E-state index in [2.05, 4.69) is 15.5 Å². The molecule has 2 aromatic carbocycles. The van der Waals surface area contributed by atoms with Crippen molar-refractivity contribution in [3.05, 3.63) is 59.5 Å². The minimum atomic E-state index is -0.423. The Labute approximate surface area is 191 Å². The third-order valence-electron chi connectivity index (χ3n) is 5.42. The highest BCUT2D eigenvalue weighted by molar-refractivity contribution is 6.04. The van der Waals surface area contributed by atoms with E-state index < -0.39 is 5.91 Å². The lowest BCUT2D eigenvalue weighted by atomic mass is 10.0. The minimum absolute atomic E-state index is 0.166. The summed E-state index contributed by atoms with van der Waals surface area (Å²) in [6, 6.07) is 12.9. The maximum absolute atomic E-state index is 13.1.